The highest BCUT2D eigenvalue weighted by molar-refractivity contribution is 8.15. The van der Waals surface area contributed by atoms with Crippen molar-refractivity contribution in [3.63, 3.8) is 0 Å². The Morgan fingerprint density at radius 2 is 2.03 bits per heavy atom. The molecule has 2 aliphatic rings. The topological polar surface area (TPSA) is 91.3 Å². The smallest absolute Gasteiger partial charge is 0.435 e. The normalized spacial score (nSPS) is 18.4. The minimum absolute atomic E-state index is 0.166. The van der Waals surface area contributed by atoms with E-state index >= 15 is 0 Å². The van der Waals surface area contributed by atoms with E-state index in [0.29, 0.717) is 11.4 Å². The highest BCUT2D eigenvalue weighted by Gasteiger charge is 2.32. The number of thioether (sulfide) groups is 2. The van der Waals surface area contributed by atoms with E-state index in [-0.39, 0.29) is 29.3 Å². The molecule has 0 radical (unpaired) electrons. The van der Waals surface area contributed by atoms with Crippen LogP contribution in [0.4, 0.5) is 16.2 Å². The Bertz CT molecular complexity index is 885. The summed E-state index contributed by atoms with van der Waals surface area (Å²) >= 11 is 2.94. The number of amides is 3. The van der Waals surface area contributed by atoms with Gasteiger partial charge in [0.25, 0.3) is 0 Å². The molecular weight excluding hydrogens is 448 g/mol. The van der Waals surface area contributed by atoms with Crippen molar-refractivity contribution in [2.45, 2.75) is 37.0 Å². The van der Waals surface area contributed by atoms with Crippen molar-refractivity contribution >= 4 is 58.0 Å². The van der Waals surface area contributed by atoms with E-state index in [9.17, 15) is 14.4 Å². The van der Waals surface area contributed by atoms with Gasteiger partial charge in [-0.2, -0.15) is 4.99 Å². The maximum Gasteiger partial charge on any atom is 0.435 e. The van der Waals surface area contributed by atoms with Gasteiger partial charge in [0, 0.05) is 10.6 Å². The summed E-state index contributed by atoms with van der Waals surface area (Å²) in [5.41, 5.74) is 1.02. The molecule has 0 bridgehead atoms. The van der Waals surface area contributed by atoms with E-state index in [1.54, 1.807) is 16.7 Å². The molecule has 1 aromatic carbocycles. The van der Waals surface area contributed by atoms with E-state index in [4.69, 9.17) is 0 Å². The molecule has 1 aliphatic heterocycles. The number of rotatable bonds is 7. The SMILES string of the molecule is COC(=O)/N=C1/SCC(=O)N1c1ccc(SCC2CCCCC2)cc1NC(=O)CN(C)C. The van der Waals surface area contributed by atoms with Gasteiger partial charge in [-0.25, -0.2) is 4.79 Å². The van der Waals surface area contributed by atoms with E-state index < -0.39 is 6.09 Å². The molecule has 0 aromatic heterocycles. The number of carbonyl (C=O) groups is 3. The maximum atomic E-state index is 12.6. The van der Waals surface area contributed by atoms with Crippen molar-refractivity contribution in [2.75, 3.05) is 49.5 Å². The molecule has 0 atom stereocenters. The van der Waals surface area contributed by atoms with Gasteiger partial charge in [0.1, 0.15) is 0 Å². The molecule has 32 heavy (non-hydrogen) atoms. The van der Waals surface area contributed by atoms with Crippen LogP contribution in [0.2, 0.25) is 0 Å². The average Bonchev–Trinajstić information content (AvgIpc) is 3.12. The molecule has 0 unspecified atom stereocenters. The first-order chi connectivity index (χ1) is 15.4. The molecule has 1 aliphatic carbocycles. The van der Waals surface area contributed by atoms with Crippen LogP contribution in [0.3, 0.4) is 0 Å². The number of likely N-dealkylation sites (N-methyl/N-ethyl adjacent to an activating group) is 1. The summed E-state index contributed by atoms with van der Waals surface area (Å²) in [6.07, 6.45) is 5.69. The Kier molecular flexibility index (Phi) is 9.01. The number of nitrogens with zero attached hydrogens (tertiary/aromatic N) is 3. The Hall–Kier alpha value is -2.04. The van der Waals surface area contributed by atoms with Gasteiger partial charge in [-0.1, -0.05) is 31.0 Å². The van der Waals surface area contributed by atoms with Crippen LogP contribution in [0.15, 0.2) is 28.1 Å². The summed E-state index contributed by atoms with van der Waals surface area (Å²) in [7, 11) is 4.88. The van der Waals surface area contributed by atoms with E-state index in [1.165, 1.54) is 55.9 Å². The van der Waals surface area contributed by atoms with Gasteiger partial charge in [0.05, 0.1) is 30.8 Å². The molecule has 1 aromatic rings. The fourth-order valence-corrected chi connectivity index (χ4v) is 5.73. The monoisotopic (exact) mass is 478 g/mol. The van der Waals surface area contributed by atoms with Crippen LogP contribution in [0.1, 0.15) is 32.1 Å². The van der Waals surface area contributed by atoms with Gasteiger partial charge in [-0.15, -0.1) is 11.8 Å². The predicted molar refractivity (Wildman–Crippen MR) is 131 cm³/mol. The molecule has 3 amide bonds. The lowest BCUT2D eigenvalue weighted by atomic mass is 9.91. The van der Waals surface area contributed by atoms with Crippen molar-refractivity contribution < 1.29 is 19.1 Å². The van der Waals surface area contributed by atoms with Gasteiger partial charge < -0.3 is 15.0 Å². The molecule has 1 N–H and O–H groups in total. The number of hydrogen-bond donors (Lipinski definition) is 1. The largest absolute Gasteiger partial charge is 0.451 e. The summed E-state index contributed by atoms with van der Waals surface area (Å²) in [5.74, 6) is 1.53. The number of anilines is 2. The van der Waals surface area contributed by atoms with Gasteiger partial charge in [-0.3, -0.25) is 14.5 Å². The molecule has 10 heteroatoms. The lowest BCUT2D eigenvalue weighted by molar-refractivity contribution is -0.117. The summed E-state index contributed by atoms with van der Waals surface area (Å²) in [4.78, 5) is 44.9. The lowest BCUT2D eigenvalue weighted by Gasteiger charge is -2.23. The second-order valence-electron chi connectivity index (χ2n) is 8.16. The third-order valence-corrected chi connectivity index (χ3v) is 7.43. The zero-order valence-electron chi connectivity index (χ0n) is 18.8. The van der Waals surface area contributed by atoms with E-state index in [0.717, 1.165) is 16.6 Å². The number of benzene rings is 1. The van der Waals surface area contributed by atoms with Gasteiger partial charge in [-0.05, 0) is 51.1 Å². The molecule has 8 nitrogen and oxygen atoms in total. The molecule has 0 spiro atoms. The van der Waals surface area contributed by atoms with Crippen molar-refractivity contribution in [3.8, 4) is 0 Å². The van der Waals surface area contributed by atoms with Gasteiger partial charge in [0.2, 0.25) is 11.8 Å². The van der Waals surface area contributed by atoms with Gasteiger partial charge >= 0.3 is 6.09 Å². The minimum atomic E-state index is -0.773. The van der Waals surface area contributed by atoms with Crippen molar-refractivity contribution in [3.05, 3.63) is 18.2 Å². The molecule has 174 valence electrons. The highest BCUT2D eigenvalue weighted by atomic mass is 32.2. The second-order valence-corrected chi connectivity index (χ2v) is 10.2. The van der Waals surface area contributed by atoms with Crippen LogP contribution in [-0.4, -0.2) is 67.2 Å². The summed E-state index contributed by atoms with van der Waals surface area (Å²) in [6.45, 7) is 0.213. The number of ether oxygens (including phenoxy) is 1. The zero-order valence-corrected chi connectivity index (χ0v) is 20.4. The Labute approximate surface area is 197 Å². The van der Waals surface area contributed by atoms with Crippen LogP contribution in [0.5, 0.6) is 0 Å². The highest BCUT2D eigenvalue weighted by Crippen LogP contribution is 2.37. The number of hydrogen-bond acceptors (Lipinski definition) is 7. The number of aliphatic imine (C=N–C) groups is 1. The van der Waals surface area contributed by atoms with Crippen LogP contribution in [-0.2, 0) is 14.3 Å². The summed E-state index contributed by atoms with van der Waals surface area (Å²) in [6, 6.07) is 5.67. The van der Waals surface area contributed by atoms with Crippen LogP contribution >= 0.6 is 23.5 Å². The molecular formula is C22H30N4O4S2. The molecule has 1 saturated heterocycles. The summed E-state index contributed by atoms with van der Waals surface area (Å²) in [5, 5.41) is 3.18. The third-order valence-electron chi connectivity index (χ3n) is 5.28. The number of carbonyl (C=O) groups excluding carboxylic acids is 3. The van der Waals surface area contributed by atoms with E-state index in [2.05, 4.69) is 15.0 Å². The molecule has 1 saturated carbocycles. The average molecular weight is 479 g/mol. The van der Waals surface area contributed by atoms with Crippen LogP contribution in [0, 0.1) is 5.92 Å². The lowest BCUT2D eigenvalue weighted by Crippen LogP contribution is -2.32. The third kappa shape index (κ3) is 6.73. The standard InChI is InChI=1S/C22H30N4O4S2/c1-25(2)12-19(27)23-17-11-16(31-13-15-7-5-4-6-8-15)9-10-18(17)26-20(28)14-32-21(26)24-22(29)30-3/h9-11,15H,4-8,12-14H2,1-3H3,(H,23,27)/b24-21+. The number of amidine groups is 1. The molecule has 3 rings (SSSR count). The van der Waals surface area contributed by atoms with Crippen molar-refractivity contribution in [1.82, 2.24) is 4.90 Å². The fourth-order valence-electron chi connectivity index (χ4n) is 3.75. The Balaban J connectivity index is 1.87. The summed E-state index contributed by atoms with van der Waals surface area (Å²) < 4.78 is 4.62. The Morgan fingerprint density at radius 3 is 2.72 bits per heavy atom. The van der Waals surface area contributed by atoms with Crippen LogP contribution in [0.25, 0.3) is 0 Å². The van der Waals surface area contributed by atoms with Crippen molar-refractivity contribution in [1.29, 1.82) is 0 Å². The molecule has 1 heterocycles. The number of nitrogens with one attached hydrogen (secondary N) is 1. The van der Waals surface area contributed by atoms with Crippen LogP contribution < -0.4 is 10.2 Å². The predicted octanol–water partition coefficient (Wildman–Crippen LogP) is 4.06. The minimum Gasteiger partial charge on any atom is -0.451 e. The molecule has 2 fully saturated rings. The van der Waals surface area contributed by atoms with E-state index in [1.807, 2.05) is 32.3 Å². The Morgan fingerprint density at radius 1 is 1.28 bits per heavy atom. The fraction of sp³-hybridized carbons (Fsp3) is 0.545. The first-order valence-electron chi connectivity index (χ1n) is 10.7. The first-order valence-corrected chi connectivity index (χ1v) is 12.7. The zero-order chi connectivity index (χ0) is 23.1. The first kappa shape index (κ1) is 24.6. The quantitative estimate of drug-likeness (QED) is 0.591. The maximum absolute atomic E-state index is 12.6. The second kappa shape index (κ2) is 11.7. The number of methoxy groups -OCH3 is 1. The van der Waals surface area contributed by atoms with Crippen molar-refractivity contribution in [2.24, 2.45) is 10.9 Å². The van der Waals surface area contributed by atoms with Gasteiger partial charge in [0.15, 0.2) is 5.17 Å².